The van der Waals surface area contributed by atoms with Crippen LogP contribution in [0.2, 0.25) is 0 Å². The Kier molecular flexibility index (Phi) is 4.79. The summed E-state index contributed by atoms with van der Waals surface area (Å²) in [5, 5.41) is 8.93. The van der Waals surface area contributed by atoms with Gasteiger partial charge in [0.2, 0.25) is 0 Å². The summed E-state index contributed by atoms with van der Waals surface area (Å²) in [6, 6.07) is 7.03. The van der Waals surface area contributed by atoms with Gasteiger partial charge in [0.05, 0.1) is 5.56 Å². The smallest absolute Gasteiger partial charge is 0.336 e. The molecule has 0 radical (unpaired) electrons. The fourth-order valence-electron chi connectivity index (χ4n) is 1.11. The van der Waals surface area contributed by atoms with Crippen molar-refractivity contribution in [1.29, 1.82) is 0 Å². The predicted molar refractivity (Wildman–Crippen MR) is 62.2 cm³/mol. The zero-order valence-corrected chi connectivity index (χ0v) is 9.30. The van der Waals surface area contributed by atoms with Crippen LogP contribution < -0.4 is 0 Å². The first-order valence-corrected chi connectivity index (χ1v) is 5.59. The Labute approximate surface area is 93.7 Å². The molecule has 0 spiro atoms. The minimum Gasteiger partial charge on any atom is -0.478 e. The number of hydrogen-bond donors (Lipinski definition) is 1. The molecular weight excluding hydrogens is 208 g/mol. The first kappa shape index (κ1) is 11.7. The van der Waals surface area contributed by atoms with Crippen LogP contribution in [0.5, 0.6) is 0 Å². The van der Waals surface area contributed by atoms with E-state index < -0.39 is 5.97 Å². The van der Waals surface area contributed by atoms with Crippen LogP contribution in [0.3, 0.4) is 0 Å². The molecule has 1 rings (SSSR count). The molecule has 0 atom stereocenters. The van der Waals surface area contributed by atoms with E-state index in [0.717, 1.165) is 17.1 Å². The van der Waals surface area contributed by atoms with E-state index in [0.29, 0.717) is 5.56 Å². The highest BCUT2D eigenvalue weighted by atomic mass is 32.2. The quantitative estimate of drug-likeness (QED) is 0.481. The highest BCUT2D eigenvalue weighted by molar-refractivity contribution is 7.99. The molecule has 0 aliphatic carbocycles. The second kappa shape index (κ2) is 6.15. The maximum absolute atomic E-state index is 10.9. The molecule has 0 saturated heterocycles. The van der Waals surface area contributed by atoms with Crippen LogP contribution >= 0.6 is 11.8 Å². The molecule has 0 saturated carbocycles. The third-order valence-electron chi connectivity index (χ3n) is 1.78. The van der Waals surface area contributed by atoms with Crippen LogP contribution in [-0.2, 0) is 0 Å². The van der Waals surface area contributed by atoms with E-state index in [1.165, 1.54) is 11.8 Å². The second-order valence-corrected chi connectivity index (χ2v) is 3.96. The molecule has 0 aliphatic heterocycles. The topological polar surface area (TPSA) is 37.3 Å². The van der Waals surface area contributed by atoms with Crippen LogP contribution in [0.25, 0.3) is 0 Å². The third-order valence-corrected chi connectivity index (χ3v) is 2.85. The van der Waals surface area contributed by atoms with Crippen molar-refractivity contribution in [1.82, 2.24) is 0 Å². The zero-order valence-electron chi connectivity index (χ0n) is 8.49. The summed E-state index contributed by atoms with van der Waals surface area (Å²) in [4.78, 5) is 11.7. The minimum absolute atomic E-state index is 0.368. The molecule has 1 N–H and O–H groups in total. The average molecular weight is 220 g/mol. The second-order valence-electron chi connectivity index (χ2n) is 2.83. The predicted octanol–water partition coefficient (Wildman–Crippen LogP) is 2.89. The number of carbonyl (C=O) groups is 1. The molecule has 2 nitrogen and oxygen atoms in total. The highest BCUT2D eigenvalue weighted by Crippen LogP contribution is 2.22. The normalized spacial score (nSPS) is 9.13. The van der Waals surface area contributed by atoms with Gasteiger partial charge in [-0.15, -0.1) is 23.6 Å². The lowest BCUT2D eigenvalue weighted by Crippen LogP contribution is -1.98. The van der Waals surface area contributed by atoms with Crippen molar-refractivity contribution in [2.75, 3.05) is 5.75 Å². The lowest BCUT2D eigenvalue weighted by Gasteiger charge is -2.03. The Morgan fingerprint density at radius 2 is 2.20 bits per heavy atom. The summed E-state index contributed by atoms with van der Waals surface area (Å²) >= 11 is 1.53. The molecule has 0 heterocycles. The Morgan fingerprint density at radius 1 is 1.47 bits per heavy atom. The fraction of sp³-hybridized carbons (Fsp3) is 0.250. The number of thioether (sulfide) groups is 1. The standard InChI is InChI=1S/C12H12O2S/c1-2-3-6-9-15-11-8-5-4-7-10(11)12(13)14/h4-5,7-8H,6,9H2,1H3,(H,13,14). The van der Waals surface area contributed by atoms with E-state index in [1.807, 2.05) is 12.1 Å². The summed E-state index contributed by atoms with van der Waals surface area (Å²) in [6.45, 7) is 1.80. The Morgan fingerprint density at radius 3 is 2.87 bits per heavy atom. The summed E-state index contributed by atoms with van der Waals surface area (Å²) in [7, 11) is 0. The summed E-state index contributed by atoms with van der Waals surface area (Å²) < 4.78 is 0. The van der Waals surface area contributed by atoms with Gasteiger partial charge in [0.1, 0.15) is 0 Å². The van der Waals surface area contributed by atoms with Crippen LogP contribution in [0.1, 0.15) is 23.7 Å². The lowest BCUT2D eigenvalue weighted by atomic mass is 10.2. The number of aromatic carboxylic acids is 1. The zero-order chi connectivity index (χ0) is 11.1. The highest BCUT2D eigenvalue weighted by Gasteiger charge is 2.08. The Hall–Kier alpha value is -1.40. The van der Waals surface area contributed by atoms with Gasteiger partial charge in [0, 0.05) is 17.1 Å². The van der Waals surface area contributed by atoms with E-state index >= 15 is 0 Å². The van der Waals surface area contributed by atoms with Crippen molar-refractivity contribution in [2.24, 2.45) is 0 Å². The van der Waals surface area contributed by atoms with Crippen LogP contribution in [0.15, 0.2) is 29.2 Å². The number of hydrogen-bond acceptors (Lipinski definition) is 2. The van der Waals surface area contributed by atoms with Gasteiger partial charge in [-0.25, -0.2) is 4.79 Å². The molecule has 1 aromatic rings. The van der Waals surface area contributed by atoms with Crippen molar-refractivity contribution in [3.63, 3.8) is 0 Å². The van der Waals surface area contributed by atoms with E-state index in [1.54, 1.807) is 19.1 Å². The molecular formula is C12H12O2S. The monoisotopic (exact) mass is 220 g/mol. The summed E-state index contributed by atoms with van der Waals surface area (Å²) in [5.41, 5.74) is 0.368. The van der Waals surface area contributed by atoms with Gasteiger partial charge < -0.3 is 5.11 Å². The molecule has 0 aromatic heterocycles. The van der Waals surface area contributed by atoms with Crippen molar-refractivity contribution >= 4 is 17.7 Å². The maximum Gasteiger partial charge on any atom is 0.336 e. The van der Waals surface area contributed by atoms with Gasteiger partial charge in [-0.05, 0) is 19.1 Å². The van der Waals surface area contributed by atoms with Crippen LogP contribution in [0.4, 0.5) is 0 Å². The van der Waals surface area contributed by atoms with Gasteiger partial charge in [-0.3, -0.25) is 0 Å². The molecule has 1 aromatic carbocycles. The molecule has 78 valence electrons. The number of carboxylic acid groups (broad SMARTS) is 1. The van der Waals surface area contributed by atoms with Gasteiger partial charge in [-0.1, -0.05) is 12.1 Å². The van der Waals surface area contributed by atoms with Crippen molar-refractivity contribution in [2.45, 2.75) is 18.2 Å². The molecule has 0 unspecified atom stereocenters. The minimum atomic E-state index is -0.875. The average Bonchev–Trinajstić information content (AvgIpc) is 2.25. The largest absolute Gasteiger partial charge is 0.478 e. The van der Waals surface area contributed by atoms with E-state index in [9.17, 15) is 4.79 Å². The van der Waals surface area contributed by atoms with E-state index in [4.69, 9.17) is 5.11 Å². The first-order valence-electron chi connectivity index (χ1n) is 4.60. The molecule has 0 bridgehead atoms. The van der Waals surface area contributed by atoms with Crippen LogP contribution in [-0.4, -0.2) is 16.8 Å². The summed E-state index contributed by atoms with van der Waals surface area (Å²) in [6.07, 6.45) is 0.787. The molecule has 0 amide bonds. The van der Waals surface area contributed by atoms with E-state index in [2.05, 4.69) is 11.8 Å². The number of carboxylic acids is 1. The van der Waals surface area contributed by atoms with Gasteiger partial charge >= 0.3 is 5.97 Å². The Balaban J connectivity index is 2.66. The maximum atomic E-state index is 10.9. The Bertz CT molecular complexity index is 402. The molecule has 3 heteroatoms. The first-order chi connectivity index (χ1) is 7.25. The molecule has 0 aliphatic rings. The number of rotatable bonds is 4. The van der Waals surface area contributed by atoms with Crippen molar-refractivity contribution < 1.29 is 9.90 Å². The van der Waals surface area contributed by atoms with Gasteiger partial charge in [0.15, 0.2) is 0 Å². The number of benzene rings is 1. The van der Waals surface area contributed by atoms with E-state index in [-0.39, 0.29) is 0 Å². The van der Waals surface area contributed by atoms with Crippen molar-refractivity contribution in [3.05, 3.63) is 29.8 Å². The summed E-state index contributed by atoms with van der Waals surface area (Å²) in [5.74, 6) is 5.71. The fourth-order valence-corrected chi connectivity index (χ4v) is 2.02. The lowest BCUT2D eigenvalue weighted by molar-refractivity contribution is 0.0693. The SMILES string of the molecule is CC#CCCSc1ccccc1C(=O)O. The van der Waals surface area contributed by atoms with Gasteiger partial charge in [-0.2, -0.15) is 0 Å². The molecule has 0 fully saturated rings. The third kappa shape index (κ3) is 3.69. The van der Waals surface area contributed by atoms with Crippen LogP contribution in [0, 0.1) is 11.8 Å². The van der Waals surface area contributed by atoms with Crippen molar-refractivity contribution in [3.8, 4) is 11.8 Å². The van der Waals surface area contributed by atoms with Gasteiger partial charge in [0.25, 0.3) is 0 Å². The molecule has 15 heavy (non-hydrogen) atoms.